The zero-order chi connectivity index (χ0) is 31.3. The number of aliphatic hydroxyl groups is 2. The highest BCUT2D eigenvalue weighted by Crippen LogP contribution is 2.50. The quantitative estimate of drug-likeness (QED) is 0.325. The van der Waals surface area contributed by atoms with Crippen molar-refractivity contribution in [2.24, 2.45) is 0 Å². The molecule has 4 N–H and O–H groups in total. The summed E-state index contributed by atoms with van der Waals surface area (Å²) in [6.45, 7) is 1.10. The highest BCUT2D eigenvalue weighted by atomic mass is 19.4. The van der Waals surface area contributed by atoms with Crippen molar-refractivity contribution in [3.63, 3.8) is 0 Å². The normalized spacial score (nSPS) is 15.8. The Morgan fingerprint density at radius 2 is 1.57 bits per heavy atom. The molecule has 1 aliphatic heterocycles. The van der Waals surface area contributed by atoms with Crippen molar-refractivity contribution in [3.8, 4) is 0 Å². The van der Waals surface area contributed by atoms with Gasteiger partial charge in [-0.05, 0) is 23.8 Å². The Kier molecular flexibility index (Phi) is 10.4. The van der Waals surface area contributed by atoms with Gasteiger partial charge in [0.1, 0.15) is 5.82 Å². The van der Waals surface area contributed by atoms with E-state index in [-0.39, 0.29) is 44.0 Å². The lowest BCUT2D eigenvalue weighted by Crippen LogP contribution is -2.53. The lowest BCUT2D eigenvalue weighted by molar-refractivity contribution is -0.376. The maximum absolute atomic E-state index is 14.6. The van der Waals surface area contributed by atoms with Crippen LogP contribution in [-0.2, 0) is 16.9 Å². The fourth-order valence-corrected chi connectivity index (χ4v) is 4.27. The predicted molar refractivity (Wildman–Crippen MR) is 135 cm³/mol. The number of nitrogens with zero attached hydrogens (tertiary/aromatic N) is 2. The van der Waals surface area contributed by atoms with Crippen molar-refractivity contribution in [2.45, 2.75) is 30.6 Å². The van der Waals surface area contributed by atoms with Gasteiger partial charge >= 0.3 is 18.4 Å². The van der Waals surface area contributed by atoms with E-state index in [1.807, 2.05) is 4.90 Å². The molecule has 3 rings (SSSR count). The molecule has 0 aliphatic carbocycles. The Labute approximate surface area is 235 Å². The Balaban J connectivity index is 1.54. The second kappa shape index (κ2) is 13.2. The van der Waals surface area contributed by atoms with E-state index in [1.165, 1.54) is 24.1 Å². The van der Waals surface area contributed by atoms with Gasteiger partial charge in [0.15, 0.2) is 0 Å². The molecule has 3 amide bonds. The molecular formula is C26H29F7N4O5. The van der Waals surface area contributed by atoms with Gasteiger partial charge in [-0.3, -0.25) is 9.69 Å². The molecule has 1 unspecified atom stereocenters. The second-order valence-corrected chi connectivity index (χ2v) is 9.61. The number of rotatable bonds is 9. The number of urea groups is 1. The van der Waals surface area contributed by atoms with Gasteiger partial charge in [-0.15, -0.1) is 0 Å². The number of nitrogens with one attached hydrogen (secondary N) is 2. The molecule has 16 heteroatoms. The summed E-state index contributed by atoms with van der Waals surface area (Å²) in [6.07, 6.45) is -12.9. The van der Waals surface area contributed by atoms with E-state index in [1.54, 1.807) is 0 Å². The summed E-state index contributed by atoms with van der Waals surface area (Å²) in [7, 11) is 1.38. The fraction of sp³-hybridized carbons (Fsp3) is 0.462. The number of benzene rings is 2. The number of halogens is 7. The zero-order valence-corrected chi connectivity index (χ0v) is 22.2. The van der Waals surface area contributed by atoms with Gasteiger partial charge in [0.2, 0.25) is 0 Å². The smallest absolute Gasteiger partial charge is 0.389 e. The Bertz CT molecular complexity index is 1220. The van der Waals surface area contributed by atoms with Crippen molar-refractivity contribution in [1.82, 2.24) is 15.1 Å². The summed E-state index contributed by atoms with van der Waals surface area (Å²) in [6, 6.07) is 6.03. The van der Waals surface area contributed by atoms with E-state index in [0.717, 1.165) is 18.2 Å². The number of ether oxygens (including phenoxy) is 1. The molecule has 232 valence electrons. The van der Waals surface area contributed by atoms with Crippen LogP contribution in [0.25, 0.3) is 0 Å². The first-order chi connectivity index (χ1) is 19.6. The number of alkyl halides is 6. The van der Waals surface area contributed by atoms with Crippen molar-refractivity contribution >= 4 is 17.6 Å². The standard InChI is InChI=1S/C26H29F7N4O5/c1-42-15-19(38)13-34-23(40)35-21-7-4-17(12-20(21)27)22(39)37-10-8-36(9-11-37)14-16-2-5-18(6-3-16)24(41,25(28,29)30)26(31,32)33/h2-7,12,19,38,41H,8-11,13-15H2,1H3,(H2,34,35,40). The third-order valence-electron chi connectivity index (χ3n) is 6.58. The van der Waals surface area contributed by atoms with Gasteiger partial charge < -0.3 is 30.5 Å². The third kappa shape index (κ3) is 7.67. The summed E-state index contributed by atoms with van der Waals surface area (Å²) < 4.78 is 97.8. The first kappa shape index (κ1) is 33.0. The van der Waals surface area contributed by atoms with Crippen molar-refractivity contribution < 1.29 is 55.3 Å². The van der Waals surface area contributed by atoms with E-state index in [9.17, 15) is 50.5 Å². The maximum Gasteiger partial charge on any atom is 0.430 e. The highest BCUT2D eigenvalue weighted by molar-refractivity contribution is 5.95. The minimum Gasteiger partial charge on any atom is -0.389 e. The third-order valence-corrected chi connectivity index (χ3v) is 6.58. The van der Waals surface area contributed by atoms with Gasteiger partial charge in [-0.1, -0.05) is 24.3 Å². The topological polar surface area (TPSA) is 114 Å². The predicted octanol–water partition coefficient (Wildman–Crippen LogP) is 3.22. The average Bonchev–Trinajstić information content (AvgIpc) is 2.92. The number of hydrogen-bond donors (Lipinski definition) is 4. The summed E-state index contributed by atoms with van der Waals surface area (Å²) in [5.41, 5.74) is -6.12. The van der Waals surface area contributed by atoms with Crippen LogP contribution >= 0.6 is 0 Å². The molecule has 1 atom stereocenters. The number of anilines is 1. The van der Waals surface area contributed by atoms with E-state index in [0.29, 0.717) is 30.8 Å². The minimum absolute atomic E-state index is 0.00523. The summed E-state index contributed by atoms with van der Waals surface area (Å²) >= 11 is 0. The largest absolute Gasteiger partial charge is 0.430 e. The zero-order valence-electron chi connectivity index (χ0n) is 22.2. The first-order valence-electron chi connectivity index (χ1n) is 12.5. The van der Waals surface area contributed by atoms with Crippen LogP contribution in [-0.4, -0.2) is 96.8 Å². The van der Waals surface area contributed by atoms with E-state index in [4.69, 9.17) is 4.74 Å². The van der Waals surface area contributed by atoms with Crippen LogP contribution in [0, 0.1) is 5.82 Å². The molecule has 0 saturated carbocycles. The van der Waals surface area contributed by atoms with Crippen molar-refractivity contribution in [1.29, 1.82) is 0 Å². The molecule has 1 aliphatic rings. The fourth-order valence-electron chi connectivity index (χ4n) is 4.27. The van der Waals surface area contributed by atoms with Gasteiger partial charge in [-0.25, -0.2) is 9.18 Å². The number of piperazine rings is 1. The van der Waals surface area contributed by atoms with Crippen LogP contribution < -0.4 is 10.6 Å². The molecule has 1 saturated heterocycles. The second-order valence-electron chi connectivity index (χ2n) is 9.61. The lowest BCUT2D eigenvalue weighted by atomic mass is 9.91. The molecule has 42 heavy (non-hydrogen) atoms. The first-order valence-corrected chi connectivity index (χ1v) is 12.5. The Hall–Kier alpha value is -3.47. The molecule has 0 aromatic heterocycles. The number of methoxy groups -OCH3 is 1. The van der Waals surface area contributed by atoms with E-state index < -0.39 is 47.4 Å². The Morgan fingerprint density at radius 1 is 0.976 bits per heavy atom. The molecule has 0 radical (unpaired) electrons. The molecule has 9 nitrogen and oxygen atoms in total. The SMILES string of the molecule is COCC(O)CNC(=O)Nc1ccc(C(=O)N2CCN(Cc3ccc(C(O)(C(F)(F)F)C(F)(F)F)cc3)CC2)cc1F. The van der Waals surface area contributed by atoms with E-state index in [2.05, 4.69) is 10.6 Å². The molecule has 2 aromatic carbocycles. The molecule has 1 fully saturated rings. The molecule has 0 bridgehead atoms. The summed E-state index contributed by atoms with van der Waals surface area (Å²) in [4.78, 5) is 28.1. The van der Waals surface area contributed by atoms with Gasteiger partial charge in [0, 0.05) is 57.5 Å². The van der Waals surface area contributed by atoms with Crippen LogP contribution in [0.1, 0.15) is 21.5 Å². The molecule has 2 aromatic rings. The Morgan fingerprint density at radius 3 is 2.10 bits per heavy atom. The average molecular weight is 611 g/mol. The van der Waals surface area contributed by atoms with Crippen LogP contribution in [0.15, 0.2) is 42.5 Å². The number of aliphatic hydroxyl groups excluding tert-OH is 1. The summed E-state index contributed by atoms with van der Waals surface area (Å²) in [5, 5.41) is 23.7. The number of carbonyl (C=O) groups excluding carboxylic acids is 2. The van der Waals surface area contributed by atoms with Gasteiger partial charge in [0.05, 0.1) is 18.4 Å². The number of carbonyl (C=O) groups is 2. The van der Waals surface area contributed by atoms with Crippen LogP contribution in [0.2, 0.25) is 0 Å². The maximum atomic E-state index is 14.6. The van der Waals surface area contributed by atoms with Crippen LogP contribution in [0.4, 0.5) is 41.2 Å². The minimum atomic E-state index is -5.97. The highest BCUT2D eigenvalue weighted by Gasteiger charge is 2.71. The molecular weight excluding hydrogens is 581 g/mol. The number of hydrogen-bond acceptors (Lipinski definition) is 6. The molecule has 1 heterocycles. The van der Waals surface area contributed by atoms with E-state index >= 15 is 0 Å². The van der Waals surface area contributed by atoms with Crippen LogP contribution in [0.3, 0.4) is 0 Å². The van der Waals surface area contributed by atoms with Crippen molar-refractivity contribution in [3.05, 3.63) is 65.0 Å². The summed E-state index contributed by atoms with van der Waals surface area (Å²) in [5.74, 6) is -1.34. The number of amides is 3. The lowest BCUT2D eigenvalue weighted by Gasteiger charge is -2.35. The van der Waals surface area contributed by atoms with Gasteiger partial charge in [-0.2, -0.15) is 26.3 Å². The van der Waals surface area contributed by atoms with Gasteiger partial charge in [0.25, 0.3) is 11.5 Å². The monoisotopic (exact) mass is 610 g/mol. The van der Waals surface area contributed by atoms with Crippen molar-refractivity contribution in [2.75, 3.05) is 51.8 Å². The van der Waals surface area contributed by atoms with Crippen LogP contribution in [0.5, 0.6) is 0 Å². The molecule has 0 spiro atoms.